The zero-order valence-electron chi connectivity index (χ0n) is 53.0. The van der Waals surface area contributed by atoms with Gasteiger partial charge in [0.15, 0.2) is 0 Å². The predicted octanol–water partition coefficient (Wildman–Crippen LogP) is 24.3. The number of hydrogen-bond donors (Lipinski definition) is 0. The summed E-state index contributed by atoms with van der Waals surface area (Å²) >= 11 is 0. The molecule has 0 amide bonds. The summed E-state index contributed by atoms with van der Waals surface area (Å²) in [6, 6.07) is 94.4. The molecule has 0 saturated heterocycles. The fourth-order valence-electron chi connectivity index (χ4n) is 13.8. The van der Waals surface area contributed by atoms with Crippen LogP contribution < -0.4 is 19.6 Å². The smallest absolute Gasteiger partial charge is 0.0520 e. The normalized spacial score (nSPS) is 11.2. The molecule has 0 radical (unpaired) electrons. The van der Waals surface area contributed by atoms with Crippen molar-refractivity contribution in [1.82, 2.24) is 0 Å². The fraction of sp³-hybridized carbons (Fsp3) is 0.143. The first-order valence-corrected chi connectivity index (χ1v) is 30.8. The van der Waals surface area contributed by atoms with Crippen LogP contribution in [0.2, 0.25) is 0 Å². The summed E-state index contributed by atoms with van der Waals surface area (Å²) in [6.45, 7) is 26.7. The van der Waals surface area contributed by atoms with E-state index in [1.807, 2.05) is 0 Å². The molecule has 0 aromatic heterocycles. The van der Waals surface area contributed by atoms with Crippen LogP contribution in [0.15, 0.2) is 255 Å². The monoisotopic (exact) mass is 1140 g/mol. The predicted molar refractivity (Wildman–Crippen MR) is 378 cm³/mol. The van der Waals surface area contributed by atoms with E-state index in [1.54, 1.807) is 0 Å². The Morgan fingerprint density at radius 3 is 0.511 bits per heavy atom. The summed E-state index contributed by atoms with van der Waals surface area (Å²) in [6.07, 6.45) is 0. The molecule has 0 aliphatic heterocycles. The minimum atomic E-state index is 1.08. The molecule has 0 spiro atoms. The van der Waals surface area contributed by atoms with Crippen molar-refractivity contribution in [3.05, 3.63) is 322 Å². The molecule has 434 valence electrons. The maximum atomic E-state index is 2.46. The van der Waals surface area contributed by atoms with E-state index in [9.17, 15) is 0 Å². The molecule has 0 N–H and O–H groups in total. The Bertz CT molecular complexity index is 3870. The fourth-order valence-corrected chi connectivity index (χ4v) is 13.8. The van der Waals surface area contributed by atoms with Crippen molar-refractivity contribution in [1.29, 1.82) is 0 Å². The van der Waals surface area contributed by atoms with E-state index in [-0.39, 0.29) is 0 Å². The molecule has 0 unspecified atom stereocenters. The second-order valence-corrected chi connectivity index (χ2v) is 24.3. The van der Waals surface area contributed by atoms with E-state index in [4.69, 9.17) is 0 Å². The van der Waals surface area contributed by atoms with E-state index in [0.717, 1.165) is 78.9 Å². The van der Waals surface area contributed by atoms with Crippen LogP contribution in [0.5, 0.6) is 0 Å². The summed E-state index contributed by atoms with van der Waals surface area (Å²) in [5.41, 5.74) is 35.1. The van der Waals surface area contributed by atoms with Gasteiger partial charge < -0.3 is 19.6 Å². The van der Waals surface area contributed by atoms with Gasteiger partial charge in [0, 0.05) is 45.5 Å². The van der Waals surface area contributed by atoms with Crippen LogP contribution >= 0.6 is 0 Å². The first-order chi connectivity index (χ1) is 42.6. The molecule has 0 fully saturated rings. The number of rotatable bonds is 15. The zero-order valence-corrected chi connectivity index (χ0v) is 53.0. The van der Waals surface area contributed by atoms with Crippen molar-refractivity contribution in [3.8, 4) is 33.4 Å². The molecule has 0 bridgehead atoms. The van der Waals surface area contributed by atoms with Crippen molar-refractivity contribution < 1.29 is 0 Å². The summed E-state index contributed by atoms with van der Waals surface area (Å²) < 4.78 is 0. The van der Waals surface area contributed by atoms with Gasteiger partial charge in [0.05, 0.1) is 22.7 Å². The molecule has 0 saturated carbocycles. The lowest BCUT2D eigenvalue weighted by atomic mass is 9.95. The Morgan fingerprint density at radius 1 is 0.159 bits per heavy atom. The molecule has 12 rings (SSSR count). The summed E-state index contributed by atoms with van der Waals surface area (Å²) in [7, 11) is 0. The van der Waals surface area contributed by atoms with E-state index in [0.29, 0.717) is 0 Å². The van der Waals surface area contributed by atoms with E-state index < -0.39 is 0 Å². The second kappa shape index (κ2) is 24.7. The van der Waals surface area contributed by atoms with Crippen LogP contribution in [-0.2, 0) is 0 Å². The molecule has 0 atom stereocenters. The molecule has 4 nitrogen and oxygen atoms in total. The minimum absolute atomic E-state index is 1.08. The minimum Gasteiger partial charge on any atom is -0.310 e. The number of nitrogens with zero attached hydrogens (tertiary/aromatic N) is 4. The highest BCUT2D eigenvalue weighted by molar-refractivity contribution is 5.93. The number of hydrogen-bond acceptors (Lipinski definition) is 4. The number of para-hydroxylation sites is 4. The highest BCUT2D eigenvalue weighted by Crippen LogP contribution is 2.49. The average Bonchev–Trinajstić information content (AvgIpc) is 1.65. The van der Waals surface area contributed by atoms with Crippen molar-refractivity contribution in [2.24, 2.45) is 0 Å². The van der Waals surface area contributed by atoms with Crippen molar-refractivity contribution in [2.45, 2.75) is 83.1 Å². The van der Waals surface area contributed by atoms with Crippen LogP contribution in [0.4, 0.5) is 68.2 Å². The average molecular weight is 1140 g/mol. The van der Waals surface area contributed by atoms with Crippen LogP contribution in [0, 0.1) is 83.1 Å². The highest BCUT2D eigenvalue weighted by atomic mass is 15.2. The van der Waals surface area contributed by atoms with Crippen molar-refractivity contribution in [2.75, 3.05) is 19.6 Å². The lowest BCUT2D eigenvalue weighted by Crippen LogP contribution is -2.16. The molecule has 88 heavy (non-hydrogen) atoms. The molecule has 12 aromatic rings. The van der Waals surface area contributed by atoms with Gasteiger partial charge in [-0.25, -0.2) is 0 Å². The Kier molecular flexibility index (Phi) is 16.3. The molecular formula is C84H78N4. The molecule has 0 aliphatic carbocycles. The van der Waals surface area contributed by atoms with Gasteiger partial charge in [0.1, 0.15) is 0 Å². The number of aryl methyl sites for hydroxylation is 12. The molecular weight excluding hydrogens is 1060 g/mol. The van der Waals surface area contributed by atoms with Gasteiger partial charge in [-0.1, -0.05) is 192 Å². The number of anilines is 12. The Labute approximate surface area is 522 Å². The topological polar surface area (TPSA) is 13.0 Å². The largest absolute Gasteiger partial charge is 0.310 e. The first-order valence-electron chi connectivity index (χ1n) is 30.8. The van der Waals surface area contributed by atoms with Gasteiger partial charge >= 0.3 is 0 Å². The van der Waals surface area contributed by atoms with Crippen LogP contribution in [0.3, 0.4) is 0 Å². The third-order valence-corrected chi connectivity index (χ3v) is 17.1. The van der Waals surface area contributed by atoms with Crippen molar-refractivity contribution >= 4 is 68.2 Å². The van der Waals surface area contributed by atoms with E-state index >= 15 is 0 Å². The van der Waals surface area contributed by atoms with Crippen molar-refractivity contribution in [3.63, 3.8) is 0 Å². The lowest BCUT2D eigenvalue weighted by molar-refractivity contribution is 1.18. The van der Waals surface area contributed by atoms with Gasteiger partial charge in [-0.15, -0.1) is 0 Å². The van der Waals surface area contributed by atoms with Gasteiger partial charge in [0.2, 0.25) is 0 Å². The quantitative estimate of drug-likeness (QED) is 0.101. The Hall–Kier alpha value is -10.2. The van der Waals surface area contributed by atoms with Gasteiger partial charge in [-0.2, -0.15) is 0 Å². The van der Waals surface area contributed by atoms with Crippen LogP contribution in [0.25, 0.3) is 33.4 Å². The maximum absolute atomic E-state index is 2.46. The molecule has 12 aromatic carbocycles. The second-order valence-electron chi connectivity index (χ2n) is 24.3. The summed E-state index contributed by atoms with van der Waals surface area (Å²) in [5, 5.41) is 0. The zero-order chi connectivity index (χ0) is 61.3. The Balaban J connectivity index is 0.994. The standard InChI is InChI=1S/C84H78N4/c1-55-41-59(5)81(60(6)42-55)85(73-25-17-13-18-26-73)77-49-71(50-78(53-77)86(74-27-19-14-20-28-74)82-61(7)43-56(2)44-62(82)8)69-37-33-67(34-38-69)68-35-39-70(40-36-68)72-51-79(87(75-29-21-15-22-30-75)83-63(9)45-57(3)46-64(83)10)54-80(52-72)88(76-31-23-16-24-32-76)84-65(11)47-58(4)48-66(84)12/h13-54H,1-12H3. The molecule has 0 aliphatic rings. The van der Waals surface area contributed by atoms with Gasteiger partial charge in [-0.05, 0) is 246 Å². The SMILES string of the molecule is Cc1cc(C)c(N(c2ccccc2)c2cc(-c3ccc(-c4ccc(-c5cc(N(c6ccccc6)c6c(C)cc(C)cc6C)cc(N(c6ccccc6)c6c(C)cc(C)cc6C)c5)cc4)cc3)cc(N(c3ccccc3)c3c(C)cc(C)cc3C)c2)c(C)c1. The molecule has 4 heteroatoms. The highest BCUT2D eigenvalue weighted by Gasteiger charge is 2.26. The van der Waals surface area contributed by atoms with Crippen LogP contribution in [-0.4, -0.2) is 0 Å². The van der Waals surface area contributed by atoms with E-state index in [1.165, 1.54) is 89.5 Å². The summed E-state index contributed by atoms with van der Waals surface area (Å²) in [5.74, 6) is 0. The van der Waals surface area contributed by atoms with Gasteiger partial charge in [0.25, 0.3) is 0 Å². The third-order valence-electron chi connectivity index (χ3n) is 17.1. The van der Waals surface area contributed by atoms with Gasteiger partial charge in [-0.3, -0.25) is 0 Å². The Morgan fingerprint density at radius 2 is 0.330 bits per heavy atom. The summed E-state index contributed by atoms with van der Waals surface area (Å²) in [4.78, 5) is 9.82. The number of benzene rings is 12. The first kappa shape index (κ1) is 58.2. The van der Waals surface area contributed by atoms with Crippen LogP contribution in [0.1, 0.15) is 66.8 Å². The van der Waals surface area contributed by atoms with E-state index in [2.05, 4.69) is 357 Å². The lowest BCUT2D eigenvalue weighted by Gasteiger charge is -2.33. The third kappa shape index (κ3) is 11.8. The molecule has 0 heterocycles. The maximum Gasteiger partial charge on any atom is 0.0520 e.